The first-order valence-corrected chi connectivity index (χ1v) is 10.1. The lowest BCUT2D eigenvalue weighted by molar-refractivity contribution is -0.107. The molecular weight excluding hydrogens is 392 g/mol. The number of benzene rings is 3. The van der Waals surface area contributed by atoms with Crippen LogP contribution in [0.3, 0.4) is 0 Å². The Kier molecular flexibility index (Phi) is 10.0. The summed E-state index contributed by atoms with van der Waals surface area (Å²) in [5.74, 6) is -1.06. The minimum Gasteiger partial charge on any atom is -0.346 e. The van der Waals surface area contributed by atoms with Gasteiger partial charge in [-0.2, -0.15) is 0 Å². The zero-order valence-electron chi connectivity index (χ0n) is 17.7. The van der Waals surface area contributed by atoms with Crippen LogP contribution in [-0.2, 0) is 9.47 Å². The van der Waals surface area contributed by atoms with E-state index in [4.69, 9.17) is 9.47 Å². The number of rotatable bonds is 9. The topological polar surface area (TPSA) is 69.7 Å². The second kappa shape index (κ2) is 13.0. The highest BCUT2D eigenvalue weighted by atomic mass is 16.7. The molecule has 31 heavy (non-hydrogen) atoms. The normalized spacial score (nSPS) is 10.2. The number of Topliss-reactive ketones (excluding diaryl/α,β-unsaturated/α-hetero) is 3. The molecule has 0 spiro atoms. The third kappa shape index (κ3) is 7.41. The molecule has 3 aromatic rings. The van der Waals surface area contributed by atoms with Crippen molar-refractivity contribution >= 4 is 17.3 Å². The average molecular weight is 418 g/mol. The molecule has 0 fully saturated rings. The van der Waals surface area contributed by atoms with Crippen LogP contribution in [0.4, 0.5) is 0 Å². The van der Waals surface area contributed by atoms with Crippen LogP contribution < -0.4 is 0 Å². The zero-order chi connectivity index (χ0) is 22.5. The molecule has 0 N–H and O–H groups in total. The van der Waals surface area contributed by atoms with Crippen LogP contribution in [0.2, 0.25) is 0 Å². The number of hydrogen-bond acceptors (Lipinski definition) is 5. The van der Waals surface area contributed by atoms with Crippen molar-refractivity contribution in [2.24, 2.45) is 0 Å². The summed E-state index contributed by atoms with van der Waals surface area (Å²) in [5.41, 5.74) is 1.47. The molecule has 160 valence electrons. The molecule has 3 rings (SSSR count). The van der Waals surface area contributed by atoms with Crippen LogP contribution in [-0.4, -0.2) is 36.9 Å². The first kappa shape index (κ1) is 23.9. The number of carbonyl (C=O) groups excluding carboxylic acids is 3. The van der Waals surface area contributed by atoms with Gasteiger partial charge in [-0.3, -0.25) is 14.4 Å². The molecule has 0 atom stereocenters. The minimum absolute atomic E-state index is 0.126. The van der Waals surface area contributed by atoms with Gasteiger partial charge in [0, 0.05) is 29.9 Å². The van der Waals surface area contributed by atoms with Crippen molar-refractivity contribution in [2.75, 3.05) is 13.2 Å². The average Bonchev–Trinajstić information content (AvgIpc) is 2.84. The van der Waals surface area contributed by atoms with E-state index in [0.29, 0.717) is 29.9 Å². The maximum atomic E-state index is 11.9. The molecule has 5 nitrogen and oxygen atoms in total. The largest absolute Gasteiger partial charge is 0.346 e. The lowest BCUT2D eigenvalue weighted by Gasteiger charge is -2.15. The van der Waals surface area contributed by atoms with Crippen LogP contribution in [0.15, 0.2) is 91.0 Å². The molecule has 0 heterocycles. The van der Waals surface area contributed by atoms with Gasteiger partial charge in [0.05, 0.1) is 0 Å². The standard InChI is InChI=1S/C14H10O2.C12H16O3/c15-13(11-7-3-1-4-8-11)14(16)12-9-5-2-6-10-12;1-3-14-12(15-4-2)11(13)10-8-6-5-7-9-10/h1-10H;5-9,12H,3-4H2,1-2H3. The molecule has 0 aromatic heterocycles. The quantitative estimate of drug-likeness (QED) is 0.277. The molecule has 0 bridgehead atoms. The second-order valence-corrected chi connectivity index (χ2v) is 6.36. The van der Waals surface area contributed by atoms with Crippen LogP contribution in [0.25, 0.3) is 0 Å². The van der Waals surface area contributed by atoms with Crippen molar-refractivity contribution in [3.8, 4) is 0 Å². The Bertz CT molecular complexity index is 897. The predicted octanol–water partition coefficient (Wildman–Crippen LogP) is 5.02. The fourth-order valence-corrected chi connectivity index (χ4v) is 2.68. The summed E-state index contributed by atoms with van der Waals surface area (Å²) in [7, 11) is 0. The van der Waals surface area contributed by atoms with Crippen LogP contribution >= 0.6 is 0 Å². The Hall–Kier alpha value is -3.41. The van der Waals surface area contributed by atoms with Gasteiger partial charge in [0.1, 0.15) is 0 Å². The van der Waals surface area contributed by atoms with Gasteiger partial charge in [0.25, 0.3) is 0 Å². The third-order valence-electron chi connectivity index (χ3n) is 4.19. The second-order valence-electron chi connectivity index (χ2n) is 6.36. The van der Waals surface area contributed by atoms with Gasteiger partial charge in [0.2, 0.25) is 23.6 Å². The molecule has 5 heteroatoms. The highest BCUT2D eigenvalue weighted by molar-refractivity contribution is 6.49. The first-order chi connectivity index (χ1) is 15.1. The highest BCUT2D eigenvalue weighted by Gasteiger charge is 2.20. The summed E-state index contributed by atoms with van der Waals surface area (Å²) in [6.45, 7) is 4.60. The molecule has 0 aliphatic heterocycles. The fourth-order valence-electron chi connectivity index (χ4n) is 2.68. The van der Waals surface area contributed by atoms with Crippen molar-refractivity contribution in [2.45, 2.75) is 20.1 Å². The summed E-state index contributed by atoms with van der Waals surface area (Å²) in [4.78, 5) is 35.5. The molecule has 0 amide bonds. The summed E-state index contributed by atoms with van der Waals surface area (Å²) < 4.78 is 10.5. The van der Waals surface area contributed by atoms with Crippen LogP contribution in [0, 0.1) is 0 Å². The van der Waals surface area contributed by atoms with E-state index in [9.17, 15) is 14.4 Å². The van der Waals surface area contributed by atoms with Crippen molar-refractivity contribution in [3.05, 3.63) is 108 Å². The molecule has 0 saturated carbocycles. The summed E-state index contributed by atoms with van der Waals surface area (Å²) in [6, 6.07) is 26.2. The van der Waals surface area contributed by atoms with E-state index >= 15 is 0 Å². The molecule has 0 unspecified atom stereocenters. The zero-order valence-corrected chi connectivity index (χ0v) is 17.7. The highest BCUT2D eigenvalue weighted by Crippen LogP contribution is 2.08. The van der Waals surface area contributed by atoms with E-state index in [1.54, 1.807) is 60.7 Å². The number of hydrogen-bond donors (Lipinski definition) is 0. The molecule has 0 saturated heterocycles. The van der Waals surface area contributed by atoms with E-state index in [1.807, 2.05) is 44.2 Å². The third-order valence-corrected chi connectivity index (χ3v) is 4.19. The SMILES string of the molecule is CCOC(OCC)C(=O)c1ccccc1.O=C(C(=O)c1ccccc1)c1ccccc1. The Labute approximate surface area is 182 Å². The Morgan fingerprint density at radius 1 is 0.581 bits per heavy atom. The molecule has 0 aliphatic rings. The van der Waals surface area contributed by atoms with Gasteiger partial charge in [-0.1, -0.05) is 91.0 Å². The van der Waals surface area contributed by atoms with E-state index in [0.717, 1.165) is 0 Å². The Morgan fingerprint density at radius 3 is 1.23 bits per heavy atom. The lowest BCUT2D eigenvalue weighted by Crippen LogP contribution is -2.27. The van der Waals surface area contributed by atoms with Crippen molar-refractivity contribution < 1.29 is 23.9 Å². The maximum Gasteiger partial charge on any atom is 0.233 e. The van der Waals surface area contributed by atoms with Crippen molar-refractivity contribution in [1.29, 1.82) is 0 Å². The lowest BCUT2D eigenvalue weighted by atomic mass is 10.0. The maximum absolute atomic E-state index is 11.9. The monoisotopic (exact) mass is 418 g/mol. The number of carbonyl (C=O) groups is 3. The van der Waals surface area contributed by atoms with Crippen LogP contribution in [0.1, 0.15) is 44.9 Å². The van der Waals surface area contributed by atoms with Gasteiger partial charge in [0.15, 0.2) is 0 Å². The van der Waals surface area contributed by atoms with Gasteiger partial charge in [-0.25, -0.2) is 0 Å². The first-order valence-electron chi connectivity index (χ1n) is 10.1. The molecule has 0 aliphatic carbocycles. The summed E-state index contributed by atoms with van der Waals surface area (Å²) in [5, 5.41) is 0. The van der Waals surface area contributed by atoms with E-state index in [2.05, 4.69) is 0 Å². The molecule has 0 radical (unpaired) electrons. The van der Waals surface area contributed by atoms with E-state index in [-0.39, 0.29) is 5.78 Å². The van der Waals surface area contributed by atoms with Crippen molar-refractivity contribution in [3.63, 3.8) is 0 Å². The van der Waals surface area contributed by atoms with Crippen molar-refractivity contribution in [1.82, 2.24) is 0 Å². The van der Waals surface area contributed by atoms with Crippen LogP contribution in [0.5, 0.6) is 0 Å². The van der Waals surface area contributed by atoms with Gasteiger partial charge in [-0.05, 0) is 13.8 Å². The minimum atomic E-state index is -0.776. The molecule has 3 aromatic carbocycles. The number of ketones is 3. The van der Waals surface area contributed by atoms with Gasteiger partial charge in [-0.15, -0.1) is 0 Å². The fraction of sp³-hybridized carbons (Fsp3) is 0.192. The molecular formula is C26H26O5. The summed E-state index contributed by atoms with van der Waals surface area (Å²) >= 11 is 0. The Balaban J connectivity index is 0.000000221. The van der Waals surface area contributed by atoms with E-state index in [1.165, 1.54) is 0 Å². The Morgan fingerprint density at radius 2 is 0.903 bits per heavy atom. The van der Waals surface area contributed by atoms with E-state index < -0.39 is 17.9 Å². The van der Waals surface area contributed by atoms with Gasteiger partial charge >= 0.3 is 0 Å². The predicted molar refractivity (Wildman–Crippen MR) is 119 cm³/mol. The number of ether oxygens (including phenoxy) is 2. The summed E-state index contributed by atoms with van der Waals surface area (Å²) in [6.07, 6.45) is -0.776. The van der Waals surface area contributed by atoms with Gasteiger partial charge < -0.3 is 9.47 Å². The smallest absolute Gasteiger partial charge is 0.233 e.